The molecule has 2 N–H and O–H groups in total. The highest BCUT2D eigenvalue weighted by Crippen LogP contribution is 2.42. The molecule has 24 heavy (non-hydrogen) atoms. The molecule has 0 aromatic heterocycles. The van der Waals surface area contributed by atoms with Crippen molar-refractivity contribution in [2.24, 2.45) is 0 Å². The molecule has 3 aromatic rings. The summed E-state index contributed by atoms with van der Waals surface area (Å²) in [6, 6.07) is 23.6. The molecule has 0 amide bonds. The van der Waals surface area contributed by atoms with Crippen molar-refractivity contribution in [3.05, 3.63) is 95.6 Å². The summed E-state index contributed by atoms with van der Waals surface area (Å²) in [5.41, 5.74) is 1.80. The Bertz CT molecular complexity index is 890. The maximum Gasteiger partial charge on any atom is 0.341 e. The van der Waals surface area contributed by atoms with Gasteiger partial charge in [-0.1, -0.05) is 48.5 Å². The zero-order valence-corrected chi connectivity index (χ0v) is 12.8. The molecule has 1 aliphatic rings. The van der Waals surface area contributed by atoms with E-state index < -0.39 is 5.72 Å². The number of hydrogen-bond donors (Lipinski definition) is 2. The third-order valence-corrected chi connectivity index (χ3v) is 4.14. The zero-order chi connectivity index (χ0) is 16.6. The Hall–Kier alpha value is -3.27. The van der Waals surface area contributed by atoms with Crippen LogP contribution in [0.3, 0.4) is 0 Å². The van der Waals surface area contributed by atoms with E-state index in [0.717, 1.165) is 16.8 Å². The lowest BCUT2D eigenvalue weighted by Gasteiger charge is -2.31. The molecule has 4 nitrogen and oxygen atoms in total. The van der Waals surface area contributed by atoms with Gasteiger partial charge >= 0.3 is 5.97 Å². The van der Waals surface area contributed by atoms with Crippen LogP contribution in [0.15, 0.2) is 78.9 Å². The number of esters is 1. The molecule has 1 heterocycles. The van der Waals surface area contributed by atoms with E-state index in [0.29, 0.717) is 5.56 Å². The lowest BCUT2D eigenvalue weighted by Crippen LogP contribution is -2.36. The predicted octanol–water partition coefficient (Wildman–Crippen LogP) is 3.88. The molecule has 1 atom stereocenters. The lowest BCUT2D eigenvalue weighted by molar-refractivity contribution is 0.0212. The molecular weight excluding hydrogens is 302 g/mol. The first-order chi connectivity index (χ1) is 11.7. The summed E-state index contributed by atoms with van der Waals surface area (Å²) in [4.78, 5) is 12.4. The van der Waals surface area contributed by atoms with Crippen LogP contribution >= 0.6 is 0 Å². The number of carbonyl (C=O) groups excluding carboxylic acids is 1. The first kappa shape index (κ1) is 14.3. The van der Waals surface area contributed by atoms with Crippen molar-refractivity contribution < 1.29 is 14.6 Å². The Labute approximate surface area is 139 Å². The van der Waals surface area contributed by atoms with E-state index in [2.05, 4.69) is 5.32 Å². The highest BCUT2D eigenvalue weighted by atomic mass is 16.6. The lowest BCUT2D eigenvalue weighted by atomic mass is 9.92. The highest BCUT2D eigenvalue weighted by Gasteiger charge is 2.47. The number of anilines is 1. The minimum Gasteiger partial charge on any atom is -0.508 e. The number of phenolic OH excluding ortho intramolecular Hbond substituents is 1. The van der Waals surface area contributed by atoms with E-state index >= 15 is 0 Å². The van der Waals surface area contributed by atoms with Gasteiger partial charge in [-0.25, -0.2) is 4.79 Å². The summed E-state index contributed by atoms with van der Waals surface area (Å²) in [7, 11) is 0. The minimum absolute atomic E-state index is 0.179. The summed E-state index contributed by atoms with van der Waals surface area (Å²) in [5, 5.41) is 12.8. The van der Waals surface area contributed by atoms with Crippen molar-refractivity contribution in [3.8, 4) is 5.75 Å². The van der Waals surface area contributed by atoms with Gasteiger partial charge < -0.3 is 15.2 Å². The Morgan fingerprint density at radius 2 is 1.50 bits per heavy atom. The maximum atomic E-state index is 12.4. The number of aromatic hydroxyl groups is 1. The quantitative estimate of drug-likeness (QED) is 0.568. The molecule has 0 saturated heterocycles. The molecule has 1 aliphatic heterocycles. The predicted molar refractivity (Wildman–Crippen MR) is 90.8 cm³/mol. The second kappa shape index (κ2) is 5.42. The second-order valence-electron chi connectivity index (χ2n) is 5.65. The van der Waals surface area contributed by atoms with Crippen molar-refractivity contribution in [2.75, 3.05) is 5.32 Å². The van der Waals surface area contributed by atoms with Crippen molar-refractivity contribution in [3.63, 3.8) is 0 Å². The van der Waals surface area contributed by atoms with Gasteiger partial charge in [0.25, 0.3) is 0 Å². The van der Waals surface area contributed by atoms with E-state index in [1.54, 1.807) is 30.3 Å². The number of ether oxygens (including phenoxy) is 1. The molecule has 118 valence electrons. The summed E-state index contributed by atoms with van der Waals surface area (Å²) >= 11 is 0. The molecule has 0 spiro atoms. The molecule has 3 aromatic carbocycles. The molecule has 0 bridgehead atoms. The largest absolute Gasteiger partial charge is 0.508 e. The third-order valence-electron chi connectivity index (χ3n) is 4.14. The Kier molecular flexibility index (Phi) is 3.24. The monoisotopic (exact) mass is 317 g/mol. The Morgan fingerprint density at radius 1 is 0.833 bits per heavy atom. The number of cyclic esters (lactones) is 1. The van der Waals surface area contributed by atoms with Crippen molar-refractivity contribution in [2.45, 2.75) is 5.72 Å². The number of fused-ring (bicyclic) bond motifs is 1. The van der Waals surface area contributed by atoms with Crippen LogP contribution in [0.25, 0.3) is 0 Å². The van der Waals surface area contributed by atoms with Crippen LogP contribution < -0.4 is 5.32 Å². The first-order valence-electron chi connectivity index (χ1n) is 7.65. The normalized spacial score (nSPS) is 18.8. The number of carbonyl (C=O) groups is 1. The van der Waals surface area contributed by atoms with Crippen LogP contribution in [0.4, 0.5) is 5.69 Å². The van der Waals surface area contributed by atoms with Crippen LogP contribution in [-0.4, -0.2) is 11.1 Å². The molecule has 4 rings (SSSR count). The number of benzene rings is 3. The highest BCUT2D eigenvalue weighted by molar-refractivity contribution is 5.96. The second-order valence-corrected chi connectivity index (χ2v) is 5.65. The molecule has 0 saturated carbocycles. The van der Waals surface area contributed by atoms with E-state index in [1.807, 2.05) is 48.5 Å². The number of hydrogen-bond acceptors (Lipinski definition) is 4. The Balaban J connectivity index is 1.89. The smallest absolute Gasteiger partial charge is 0.341 e. The van der Waals surface area contributed by atoms with Crippen molar-refractivity contribution in [1.82, 2.24) is 0 Å². The van der Waals surface area contributed by atoms with Gasteiger partial charge in [-0.15, -0.1) is 0 Å². The van der Waals surface area contributed by atoms with Gasteiger partial charge in [-0.3, -0.25) is 0 Å². The van der Waals surface area contributed by atoms with Crippen LogP contribution in [0.1, 0.15) is 21.5 Å². The van der Waals surface area contributed by atoms with Gasteiger partial charge in [0.2, 0.25) is 5.72 Å². The van der Waals surface area contributed by atoms with Crippen molar-refractivity contribution in [1.29, 1.82) is 0 Å². The van der Waals surface area contributed by atoms with Gasteiger partial charge in [-0.05, 0) is 30.3 Å². The average molecular weight is 317 g/mol. The SMILES string of the molecule is O=C1OC(Nc2ccc(O)cc2)(c2ccccc2)c2ccccc21. The van der Waals surface area contributed by atoms with Gasteiger partial charge in [0.05, 0.1) is 5.56 Å². The van der Waals surface area contributed by atoms with E-state index in [9.17, 15) is 9.90 Å². The van der Waals surface area contributed by atoms with Gasteiger partial charge in [0.1, 0.15) is 5.75 Å². The summed E-state index contributed by atoms with van der Waals surface area (Å²) in [6.45, 7) is 0. The van der Waals surface area contributed by atoms with Gasteiger partial charge in [0, 0.05) is 16.8 Å². The van der Waals surface area contributed by atoms with Crippen molar-refractivity contribution >= 4 is 11.7 Å². The molecule has 4 heteroatoms. The van der Waals surface area contributed by atoms with E-state index in [-0.39, 0.29) is 11.7 Å². The molecular formula is C20H15NO3. The molecule has 0 radical (unpaired) electrons. The van der Waals surface area contributed by atoms with Gasteiger partial charge in [-0.2, -0.15) is 0 Å². The fourth-order valence-electron chi connectivity index (χ4n) is 3.02. The van der Waals surface area contributed by atoms with Crippen LogP contribution in [0, 0.1) is 0 Å². The molecule has 0 fully saturated rings. The minimum atomic E-state index is -1.09. The van der Waals surface area contributed by atoms with E-state index in [1.165, 1.54) is 0 Å². The topological polar surface area (TPSA) is 58.6 Å². The van der Waals surface area contributed by atoms with E-state index in [4.69, 9.17) is 4.74 Å². The fourth-order valence-corrected chi connectivity index (χ4v) is 3.02. The first-order valence-corrected chi connectivity index (χ1v) is 7.65. The zero-order valence-electron chi connectivity index (χ0n) is 12.8. The number of rotatable bonds is 3. The van der Waals surface area contributed by atoms with Crippen LogP contribution in [0.5, 0.6) is 5.75 Å². The van der Waals surface area contributed by atoms with Crippen LogP contribution in [-0.2, 0) is 10.5 Å². The molecule has 0 aliphatic carbocycles. The van der Waals surface area contributed by atoms with Crippen LogP contribution in [0.2, 0.25) is 0 Å². The summed E-state index contributed by atoms with van der Waals surface area (Å²) in [5.74, 6) is -0.182. The third kappa shape index (κ3) is 2.20. The molecule has 1 unspecified atom stereocenters. The van der Waals surface area contributed by atoms with Gasteiger partial charge in [0.15, 0.2) is 0 Å². The fraction of sp³-hybridized carbons (Fsp3) is 0.0500. The number of nitrogens with one attached hydrogen (secondary N) is 1. The maximum absolute atomic E-state index is 12.4. The average Bonchev–Trinajstić information content (AvgIpc) is 2.91. The summed E-state index contributed by atoms with van der Waals surface area (Å²) in [6.07, 6.45) is 0. The number of phenols is 1. The summed E-state index contributed by atoms with van der Waals surface area (Å²) < 4.78 is 5.83. The Morgan fingerprint density at radius 3 is 2.25 bits per heavy atom. The standard InChI is InChI=1S/C20H15NO3/c22-16-12-10-15(11-13-16)21-20(14-6-2-1-3-7-14)18-9-5-4-8-17(18)19(23)24-20/h1-13,21-22H.